The highest BCUT2D eigenvalue weighted by atomic mass is 35.5. The third-order valence-corrected chi connectivity index (χ3v) is 2.84. The lowest BCUT2D eigenvalue weighted by Gasteiger charge is -2.09. The maximum Gasteiger partial charge on any atom is 0.170 e. The molecular weight excluding hydrogens is 242 g/mol. The molecule has 6 nitrogen and oxygen atoms in total. The number of anilines is 1. The van der Waals surface area contributed by atoms with E-state index in [1.54, 1.807) is 17.8 Å². The summed E-state index contributed by atoms with van der Waals surface area (Å²) in [7, 11) is 1.77. The molecule has 0 spiro atoms. The predicted octanol–water partition coefficient (Wildman–Crippen LogP) is 0.968. The number of aryl methyl sites for hydroxylation is 1. The Bertz CT molecular complexity index is 513. The smallest absolute Gasteiger partial charge is 0.170 e. The van der Waals surface area contributed by atoms with Gasteiger partial charge >= 0.3 is 0 Å². The molecule has 2 aromatic rings. The van der Waals surface area contributed by atoms with E-state index in [2.05, 4.69) is 20.8 Å². The van der Waals surface area contributed by atoms with E-state index in [9.17, 15) is 0 Å². The molecule has 1 heterocycles. The zero-order valence-corrected chi connectivity index (χ0v) is 10.0. The van der Waals surface area contributed by atoms with Crippen molar-refractivity contribution in [3.63, 3.8) is 0 Å². The first-order valence-corrected chi connectivity index (χ1v) is 5.43. The highest BCUT2D eigenvalue weighted by Crippen LogP contribution is 2.26. The van der Waals surface area contributed by atoms with Crippen LogP contribution in [0, 0.1) is 0 Å². The van der Waals surface area contributed by atoms with E-state index in [0.717, 1.165) is 5.69 Å². The predicted molar refractivity (Wildman–Crippen MR) is 63.5 cm³/mol. The molecule has 17 heavy (non-hydrogen) atoms. The van der Waals surface area contributed by atoms with Crippen LogP contribution in [0.3, 0.4) is 0 Å². The average Bonchev–Trinajstić information content (AvgIpc) is 2.74. The van der Waals surface area contributed by atoms with E-state index in [1.807, 2.05) is 12.1 Å². The molecule has 2 rings (SSSR count). The fourth-order valence-corrected chi connectivity index (χ4v) is 1.66. The lowest BCUT2D eigenvalue weighted by Crippen LogP contribution is -2.07. The minimum Gasteiger partial charge on any atom is -0.392 e. The van der Waals surface area contributed by atoms with Crippen LogP contribution < -0.4 is 5.32 Å². The van der Waals surface area contributed by atoms with E-state index in [0.29, 0.717) is 23.0 Å². The van der Waals surface area contributed by atoms with Crippen molar-refractivity contribution in [2.45, 2.75) is 13.2 Å². The van der Waals surface area contributed by atoms with E-state index in [-0.39, 0.29) is 6.61 Å². The Morgan fingerprint density at radius 3 is 2.94 bits per heavy atom. The summed E-state index contributed by atoms with van der Waals surface area (Å²) in [5.41, 5.74) is 1.44. The Morgan fingerprint density at radius 1 is 1.47 bits per heavy atom. The molecule has 7 heteroatoms. The third-order valence-electron chi connectivity index (χ3n) is 2.39. The van der Waals surface area contributed by atoms with Crippen molar-refractivity contribution in [3.8, 4) is 0 Å². The molecule has 0 unspecified atom stereocenters. The van der Waals surface area contributed by atoms with Gasteiger partial charge < -0.3 is 10.4 Å². The van der Waals surface area contributed by atoms with Gasteiger partial charge in [0.15, 0.2) is 5.82 Å². The first kappa shape index (κ1) is 11.8. The molecular formula is C10H12ClN5O. The van der Waals surface area contributed by atoms with Crippen molar-refractivity contribution in [3.05, 3.63) is 34.6 Å². The molecule has 0 aliphatic heterocycles. The molecule has 0 fully saturated rings. The summed E-state index contributed by atoms with van der Waals surface area (Å²) >= 11 is 6.11. The Hall–Kier alpha value is -1.66. The van der Waals surface area contributed by atoms with Gasteiger partial charge in [0, 0.05) is 7.05 Å². The summed E-state index contributed by atoms with van der Waals surface area (Å²) in [6.07, 6.45) is 0. The number of hydrogen-bond acceptors (Lipinski definition) is 5. The topological polar surface area (TPSA) is 75.9 Å². The van der Waals surface area contributed by atoms with E-state index < -0.39 is 0 Å². The maximum absolute atomic E-state index is 9.09. The summed E-state index contributed by atoms with van der Waals surface area (Å²) in [6, 6.07) is 5.44. The SMILES string of the molecule is Cn1nnnc1CNc1cccc(CO)c1Cl. The quantitative estimate of drug-likeness (QED) is 0.849. The van der Waals surface area contributed by atoms with E-state index in [1.165, 1.54) is 0 Å². The largest absolute Gasteiger partial charge is 0.392 e. The molecule has 0 amide bonds. The molecule has 2 N–H and O–H groups in total. The van der Waals surface area contributed by atoms with Crippen LogP contribution in [0.15, 0.2) is 18.2 Å². The van der Waals surface area contributed by atoms with Gasteiger partial charge in [-0.1, -0.05) is 23.7 Å². The average molecular weight is 254 g/mol. The van der Waals surface area contributed by atoms with Gasteiger partial charge in [-0.15, -0.1) is 5.10 Å². The van der Waals surface area contributed by atoms with Gasteiger partial charge in [-0.05, 0) is 22.1 Å². The van der Waals surface area contributed by atoms with Crippen LogP contribution in [0.1, 0.15) is 11.4 Å². The molecule has 90 valence electrons. The van der Waals surface area contributed by atoms with Crippen molar-refractivity contribution in [1.29, 1.82) is 0 Å². The molecule has 0 saturated carbocycles. The summed E-state index contributed by atoms with van der Waals surface area (Å²) in [5, 5.41) is 23.9. The van der Waals surface area contributed by atoms with Gasteiger partial charge in [-0.25, -0.2) is 4.68 Å². The fraction of sp³-hybridized carbons (Fsp3) is 0.300. The minimum absolute atomic E-state index is 0.0835. The number of aliphatic hydroxyl groups excluding tert-OH is 1. The molecule has 0 atom stereocenters. The zero-order chi connectivity index (χ0) is 12.3. The van der Waals surface area contributed by atoms with Gasteiger partial charge in [0.2, 0.25) is 0 Å². The Morgan fingerprint density at radius 2 is 2.29 bits per heavy atom. The first-order chi connectivity index (χ1) is 8.22. The number of tetrazole rings is 1. The number of aliphatic hydroxyl groups is 1. The summed E-state index contributed by atoms with van der Waals surface area (Å²) < 4.78 is 1.58. The number of rotatable bonds is 4. The molecule has 0 aliphatic carbocycles. The summed E-state index contributed by atoms with van der Waals surface area (Å²) in [6.45, 7) is 0.387. The Kier molecular flexibility index (Phi) is 3.55. The van der Waals surface area contributed by atoms with Gasteiger partial charge in [0.05, 0.1) is 23.9 Å². The normalized spacial score (nSPS) is 10.5. The highest BCUT2D eigenvalue weighted by Gasteiger charge is 2.06. The van der Waals surface area contributed by atoms with Crippen molar-refractivity contribution < 1.29 is 5.11 Å². The number of benzene rings is 1. The lowest BCUT2D eigenvalue weighted by atomic mass is 10.2. The van der Waals surface area contributed by atoms with Gasteiger partial charge in [0.1, 0.15) is 0 Å². The van der Waals surface area contributed by atoms with Crippen LogP contribution in [-0.4, -0.2) is 25.3 Å². The molecule has 0 aliphatic rings. The minimum atomic E-state index is -0.0835. The van der Waals surface area contributed by atoms with Gasteiger partial charge in [0.25, 0.3) is 0 Å². The lowest BCUT2D eigenvalue weighted by molar-refractivity contribution is 0.282. The molecule has 1 aromatic heterocycles. The zero-order valence-electron chi connectivity index (χ0n) is 9.26. The van der Waals surface area contributed by atoms with Gasteiger partial charge in [-0.2, -0.15) is 0 Å². The molecule has 0 saturated heterocycles. The summed E-state index contributed by atoms with van der Waals surface area (Å²) in [5.74, 6) is 0.704. The second kappa shape index (κ2) is 5.11. The van der Waals surface area contributed by atoms with Crippen LogP contribution in [0.25, 0.3) is 0 Å². The van der Waals surface area contributed by atoms with E-state index >= 15 is 0 Å². The molecule has 0 bridgehead atoms. The number of hydrogen-bond donors (Lipinski definition) is 2. The highest BCUT2D eigenvalue weighted by molar-refractivity contribution is 6.34. The van der Waals surface area contributed by atoms with Crippen molar-refractivity contribution >= 4 is 17.3 Å². The fourth-order valence-electron chi connectivity index (χ4n) is 1.41. The first-order valence-electron chi connectivity index (χ1n) is 5.05. The number of halogens is 1. The number of nitrogens with zero attached hydrogens (tertiary/aromatic N) is 4. The van der Waals surface area contributed by atoms with Crippen molar-refractivity contribution in [2.75, 3.05) is 5.32 Å². The van der Waals surface area contributed by atoms with Crippen LogP contribution in [0.2, 0.25) is 5.02 Å². The van der Waals surface area contributed by atoms with Crippen molar-refractivity contribution in [1.82, 2.24) is 20.2 Å². The molecule has 1 aromatic carbocycles. The second-order valence-electron chi connectivity index (χ2n) is 3.51. The standard InChI is InChI=1S/C10H12ClN5O/c1-16-9(13-14-15-16)5-12-8-4-2-3-7(6-17)10(8)11/h2-4,12,17H,5-6H2,1H3. The second-order valence-corrected chi connectivity index (χ2v) is 3.89. The van der Waals surface area contributed by atoms with Crippen LogP contribution in [-0.2, 0) is 20.2 Å². The van der Waals surface area contributed by atoms with E-state index in [4.69, 9.17) is 16.7 Å². The van der Waals surface area contributed by atoms with Gasteiger partial charge in [-0.3, -0.25) is 0 Å². The number of aromatic nitrogens is 4. The Balaban J connectivity index is 2.12. The summed E-state index contributed by atoms with van der Waals surface area (Å²) in [4.78, 5) is 0. The number of nitrogens with one attached hydrogen (secondary N) is 1. The van der Waals surface area contributed by atoms with Crippen LogP contribution in [0.5, 0.6) is 0 Å². The Labute approximate surface area is 103 Å². The van der Waals surface area contributed by atoms with Crippen LogP contribution in [0.4, 0.5) is 5.69 Å². The third kappa shape index (κ3) is 2.54. The monoisotopic (exact) mass is 253 g/mol. The van der Waals surface area contributed by atoms with Crippen LogP contribution >= 0.6 is 11.6 Å². The maximum atomic E-state index is 9.09. The molecule has 0 radical (unpaired) electrons. The van der Waals surface area contributed by atoms with Crippen molar-refractivity contribution in [2.24, 2.45) is 7.05 Å².